The molecule has 0 spiro atoms. The van der Waals surface area contributed by atoms with Gasteiger partial charge in [-0.1, -0.05) is 0 Å². The Balaban J connectivity index is 1.47. The Morgan fingerprint density at radius 1 is 1.24 bits per heavy atom. The summed E-state index contributed by atoms with van der Waals surface area (Å²) in [7, 11) is 1.63. The van der Waals surface area contributed by atoms with E-state index in [9.17, 15) is 9.59 Å². The zero-order chi connectivity index (χ0) is 23.8. The molecular formula is C25H29N5O4. The Kier molecular flexibility index (Phi) is 5.85. The first kappa shape index (κ1) is 22.2. The van der Waals surface area contributed by atoms with E-state index in [0.29, 0.717) is 65.1 Å². The number of nitrogens with one attached hydrogen (secondary N) is 2. The fourth-order valence-electron chi connectivity index (χ4n) is 4.46. The molecule has 3 heterocycles. The number of fused-ring (bicyclic) bond motifs is 1. The van der Waals surface area contributed by atoms with Gasteiger partial charge < -0.3 is 24.7 Å². The molecule has 2 aliphatic rings. The SMILES string of the molecule is COc1ccc(-c2ncnc3c(C(=O)N[C@@H]4CCN(C(C)=O)C4)c(C)[nH]c23)c(OCC2CC2)c1. The van der Waals surface area contributed by atoms with E-state index in [0.717, 1.165) is 12.0 Å². The van der Waals surface area contributed by atoms with Gasteiger partial charge in [-0.2, -0.15) is 0 Å². The van der Waals surface area contributed by atoms with E-state index in [2.05, 4.69) is 20.3 Å². The second-order valence-electron chi connectivity index (χ2n) is 9.11. The van der Waals surface area contributed by atoms with E-state index >= 15 is 0 Å². The highest BCUT2D eigenvalue weighted by Gasteiger charge is 2.28. The lowest BCUT2D eigenvalue weighted by molar-refractivity contribution is -0.127. The minimum atomic E-state index is -0.205. The summed E-state index contributed by atoms with van der Waals surface area (Å²) in [6.45, 7) is 5.24. The molecule has 1 aliphatic heterocycles. The molecule has 1 saturated heterocycles. The monoisotopic (exact) mass is 463 g/mol. The molecule has 1 aliphatic carbocycles. The third-order valence-corrected chi connectivity index (χ3v) is 6.58. The van der Waals surface area contributed by atoms with Gasteiger partial charge in [-0.3, -0.25) is 9.59 Å². The summed E-state index contributed by atoms with van der Waals surface area (Å²) in [6, 6.07) is 5.59. The minimum absolute atomic E-state index is 0.0246. The molecule has 2 amide bonds. The average molecular weight is 464 g/mol. The Hall–Kier alpha value is -3.62. The van der Waals surface area contributed by atoms with Crippen molar-refractivity contribution in [1.82, 2.24) is 25.2 Å². The molecule has 1 atom stereocenters. The maximum Gasteiger partial charge on any atom is 0.255 e. The van der Waals surface area contributed by atoms with Crippen molar-refractivity contribution in [3.63, 3.8) is 0 Å². The standard InChI is InChI=1S/C25H29N5O4/c1-14-21(25(32)29-17-8-9-30(11-17)15(2)31)23-24(28-14)22(26-13-27-23)19-7-6-18(33-3)10-20(19)34-12-16-4-5-16/h6-7,10,13,16-17,28H,4-5,8-9,11-12H2,1-3H3,(H,29,32)/t17-/m1/s1. The number of aromatic nitrogens is 3. The van der Waals surface area contributed by atoms with Gasteiger partial charge in [0, 0.05) is 43.4 Å². The Bertz CT molecular complexity index is 1250. The summed E-state index contributed by atoms with van der Waals surface area (Å²) in [5.41, 5.74) is 3.94. The molecule has 9 nitrogen and oxygen atoms in total. The molecule has 2 aromatic heterocycles. The highest BCUT2D eigenvalue weighted by molar-refractivity contribution is 6.09. The van der Waals surface area contributed by atoms with Crippen LogP contribution in [-0.4, -0.2) is 64.5 Å². The van der Waals surface area contributed by atoms with Crippen molar-refractivity contribution in [3.8, 4) is 22.8 Å². The first-order chi connectivity index (χ1) is 16.4. The molecule has 1 aromatic carbocycles. The van der Waals surface area contributed by atoms with Crippen molar-refractivity contribution >= 4 is 22.8 Å². The van der Waals surface area contributed by atoms with Crippen LogP contribution in [0.5, 0.6) is 11.5 Å². The van der Waals surface area contributed by atoms with E-state index in [-0.39, 0.29) is 17.9 Å². The molecule has 0 bridgehead atoms. The second kappa shape index (κ2) is 8.96. The molecule has 5 rings (SSSR count). The predicted molar refractivity (Wildman–Crippen MR) is 127 cm³/mol. The van der Waals surface area contributed by atoms with Crippen molar-refractivity contribution in [1.29, 1.82) is 0 Å². The van der Waals surface area contributed by atoms with Gasteiger partial charge in [0.05, 0.1) is 24.8 Å². The quantitative estimate of drug-likeness (QED) is 0.557. The van der Waals surface area contributed by atoms with Gasteiger partial charge in [0.15, 0.2) is 0 Å². The van der Waals surface area contributed by atoms with Crippen LogP contribution >= 0.6 is 0 Å². The summed E-state index contributed by atoms with van der Waals surface area (Å²) in [5, 5.41) is 3.07. The van der Waals surface area contributed by atoms with Gasteiger partial charge in [0.1, 0.15) is 29.0 Å². The number of benzene rings is 1. The van der Waals surface area contributed by atoms with Gasteiger partial charge in [-0.25, -0.2) is 9.97 Å². The number of amides is 2. The van der Waals surface area contributed by atoms with Gasteiger partial charge in [-0.05, 0) is 44.2 Å². The zero-order valence-electron chi connectivity index (χ0n) is 19.7. The Morgan fingerprint density at radius 3 is 2.76 bits per heavy atom. The number of likely N-dealkylation sites (tertiary alicyclic amines) is 1. The number of methoxy groups -OCH3 is 1. The summed E-state index contributed by atoms with van der Waals surface area (Å²) >= 11 is 0. The van der Waals surface area contributed by atoms with Crippen LogP contribution in [0.1, 0.15) is 42.2 Å². The molecule has 9 heteroatoms. The molecule has 2 fully saturated rings. The fraction of sp³-hybridized carbons (Fsp3) is 0.440. The summed E-state index contributed by atoms with van der Waals surface area (Å²) in [6.07, 6.45) is 4.59. The minimum Gasteiger partial charge on any atom is -0.497 e. The number of hydrogen-bond donors (Lipinski definition) is 2. The van der Waals surface area contributed by atoms with Gasteiger partial charge in [-0.15, -0.1) is 0 Å². The third-order valence-electron chi connectivity index (χ3n) is 6.58. The van der Waals surface area contributed by atoms with Crippen LogP contribution < -0.4 is 14.8 Å². The van der Waals surface area contributed by atoms with E-state index in [1.54, 1.807) is 18.9 Å². The van der Waals surface area contributed by atoms with Crippen LogP contribution in [0.25, 0.3) is 22.3 Å². The number of aryl methyl sites for hydroxylation is 1. The summed E-state index contributed by atoms with van der Waals surface area (Å²) in [5.74, 6) is 1.82. The highest BCUT2D eigenvalue weighted by Crippen LogP contribution is 2.38. The van der Waals surface area contributed by atoms with Crippen LogP contribution in [-0.2, 0) is 4.79 Å². The predicted octanol–water partition coefficient (Wildman–Crippen LogP) is 3.08. The van der Waals surface area contributed by atoms with Crippen LogP contribution in [0.15, 0.2) is 24.5 Å². The van der Waals surface area contributed by atoms with Gasteiger partial charge in [0.25, 0.3) is 5.91 Å². The molecule has 0 unspecified atom stereocenters. The van der Waals surface area contributed by atoms with Crippen molar-refractivity contribution in [2.24, 2.45) is 5.92 Å². The maximum atomic E-state index is 13.2. The number of carbonyl (C=O) groups is 2. The van der Waals surface area contributed by atoms with E-state index < -0.39 is 0 Å². The molecule has 34 heavy (non-hydrogen) atoms. The van der Waals surface area contributed by atoms with Crippen LogP contribution in [0.4, 0.5) is 0 Å². The molecular weight excluding hydrogens is 434 g/mol. The van der Waals surface area contributed by atoms with Crippen molar-refractivity contribution in [2.45, 2.75) is 39.2 Å². The first-order valence-corrected chi connectivity index (χ1v) is 11.7. The fourth-order valence-corrected chi connectivity index (χ4v) is 4.46. The van der Waals surface area contributed by atoms with E-state index in [4.69, 9.17) is 9.47 Å². The number of ether oxygens (including phenoxy) is 2. The van der Waals surface area contributed by atoms with E-state index in [1.807, 2.05) is 25.1 Å². The summed E-state index contributed by atoms with van der Waals surface area (Å²) < 4.78 is 11.5. The van der Waals surface area contributed by atoms with Crippen molar-refractivity contribution in [2.75, 3.05) is 26.8 Å². The second-order valence-corrected chi connectivity index (χ2v) is 9.11. The smallest absolute Gasteiger partial charge is 0.255 e. The van der Waals surface area contributed by atoms with Crippen molar-refractivity contribution < 1.29 is 19.1 Å². The van der Waals surface area contributed by atoms with E-state index in [1.165, 1.54) is 19.2 Å². The lowest BCUT2D eigenvalue weighted by atomic mass is 10.1. The molecule has 0 radical (unpaired) electrons. The topological polar surface area (TPSA) is 109 Å². The lowest BCUT2D eigenvalue weighted by Gasteiger charge is -2.15. The van der Waals surface area contributed by atoms with Crippen LogP contribution in [0.2, 0.25) is 0 Å². The lowest BCUT2D eigenvalue weighted by Crippen LogP contribution is -2.38. The maximum absolute atomic E-state index is 13.2. The Labute approximate surface area is 197 Å². The normalized spacial score (nSPS) is 17.7. The highest BCUT2D eigenvalue weighted by atomic mass is 16.5. The largest absolute Gasteiger partial charge is 0.497 e. The number of hydrogen-bond acceptors (Lipinski definition) is 6. The first-order valence-electron chi connectivity index (χ1n) is 11.7. The van der Waals surface area contributed by atoms with Gasteiger partial charge >= 0.3 is 0 Å². The molecule has 1 saturated carbocycles. The summed E-state index contributed by atoms with van der Waals surface area (Å²) in [4.78, 5) is 38.9. The number of nitrogens with zero attached hydrogens (tertiary/aromatic N) is 3. The van der Waals surface area contributed by atoms with Crippen LogP contribution in [0.3, 0.4) is 0 Å². The molecule has 3 aromatic rings. The number of carbonyl (C=O) groups excluding carboxylic acids is 2. The van der Waals surface area contributed by atoms with Gasteiger partial charge in [0.2, 0.25) is 5.91 Å². The number of aromatic amines is 1. The van der Waals surface area contributed by atoms with Crippen molar-refractivity contribution in [3.05, 3.63) is 35.8 Å². The molecule has 2 N–H and O–H groups in total. The zero-order valence-corrected chi connectivity index (χ0v) is 19.7. The molecule has 178 valence electrons. The van der Waals surface area contributed by atoms with Crippen LogP contribution in [0, 0.1) is 12.8 Å². The third kappa shape index (κ3) is 4.30. The Morgan fingerprint density at radius 2 is 2.06 bits per heavy atom. The number of H-pyrrole nitrogens is 1. The average Bonchev–Trinajstić information content (AvgIpc) is 3.42. The number of rotatable bonds is 7.